The van der Waals surface area contributed by atoms with Gasteiger partial charge in [0.1, 0.15) is 6.10 Å². The molecule has 0 heterocycles. The molecule has 0 N–H and O–H groups in total. The molecule has 2 atom stereocenters. The average molecular weight is 290 g/mol. The first-order valence-corrected chi connectivity index (χ1v) is 7.64. The summed E-state index contributed by atoms with van der Waals surface area (Å²) in [6, 6.07) is 9.71. The third-order valence-corrected chi connectivity index (χ3v) is 3.47. The van der Waals surface area contributed by atoms with Crippen molar-refractivity contribution in [2.75, 3.05) is 7.11 Å². The molecule has 0 spiro atoms. The summed E-state index contributed by atoms with van der Waals surface area (Å²) in [6.07, 6.45) is 7.15. The van der Waals surface area contributed by atoms with Crippen molar-refractivity contribution in [1.29, 1.82) is 0 Å². The number of benzene rings is 1. The lowest BCUT2D eigenvalue weighted by atomic mass is 10.1. The molecule has 1 aromatic carbocycles. The fourth-order valence-electron chi connectivity index (χ4n) is 2.05. The predicted octanol–water partition coefficient (Wildman–Crippen LogP) is 4.23. The lowest BCUT2D eigenvalue weighted by molar-refractivity contribution is -0.150. The van der Waals surface area contributed by atoms with E-state index in [4.69, 9.17) is 9.47 Å². The van der Waals surface area contributed by atoms with Gasteiger partial charge in [-0.2, -0.15) is 0 Å². The molecule has 0 radical (unpaired) electrons. The molecule has 1 rings (SSSR count). The first-order chi connectivity index (χ1) is 10.2. The maximum atomic E-state index is 11.9. The molecule has 21 heavy (non-hydrogen) atoms. The fourth-order valence-corrected chi connectivity index (χ4v) is 2.05. The van der Waals surface area contributed by atoms with Gasteiger partial charge in [0.15, 0.2) is 0 Å². The number of hydrogen-bond acceptors (Lipinski definition) is 3. The fraction of sp³-hybridized carbons (Fsp3) is 0.500. The lowest BCUT2D eigenvalue weighted by Crippen LogP contribution is -2.30. The van der Waals surface area contributed by atoms with E-state index in [2.05, 4.69) is 6.92 Å². The molecule has 2 unspecified atom stereocenters. The Morgan fingerprint density at radius 1 is 1.24 bits per heavy atom. The monoisotopic (exact) mass is 290 g/mol. The standard InChI is InChI=1S/C18H26O3/c1-4-5-7-12-17(15(2)20-3)21-18(19)14-13-16-10-8-6-9-11-16/h6,8-11,13-15,17H,4-5,7,12H2,1-3H3. The highest BCUT2D eigenvalue weighted by molar-refractivity contribution is 5.87. The molecule has 0 aliphatic rings. The summed E-state index contributed by atoms with van der Waals surface area (Å²) in [5.74, 6) is -0.316. The van der Waals surface area contributed by atoms with E-state index in [1.165, 1.54) is 6.08 Å². The number of ether oxygens (including phenoxy) is 2. The molecule has 0 saturated heterocycles. The normalized spacial score (nSPS) is 14.0. The quantitative estimate of drug-likeness (QED) is 0.388. The molecule has 0 amide bonds. The van der Waals surface area contributed by atoms with E-state index in [1.54, 1.807) is 13.2 Å². The Hall–Kier alpha value is -1.61. The Bertz CT molecular complexity index is 425. The highest BCUT2D eigenvalue weighted by Gasteiger charge is 2.19. The molecule has 116 valence electrons. The van der Waals surface area contributed by atoms with Gasteiger partial charge in [-0.3, -0.25) is 0 Å². The van der Waals surface area contributed by atoms with Gasteiger partial charge in [-0.05, 0) is 31.4 Å². The number of unbranched alkanes of at least 4 members (excludes halogenated alkanes) is 2. The maximum absolute atomic E-state index is 11.9. The average Bonchev–Trinajstić information content (AvgIpc) is 2.52. The number of rotatable bonds is 9. The van der Waals surface area contributed by atoms with Gasteiger partial charge in [-0.15, -0.1) is 0 Å². The molecule has 0 bridgehead atoms. The minimum atomic E-state index is -0.316. The van der Waals surface area contributed by atoms with Crippen molar-refractivity contribution >= 4 is 12.0 Å². The zero-order chi connectivity index (χ0) is 15.5. The zero-order valence-corrected chi connectivity index (χ0v) is 13.2. The topological polar surface area (TPSA) is 35.5 Å². The summed E-state index contributed by atoms with van der Waals surface area (Å²) in [6.45, 7) is 4.09. The maximum Gasteiger partial charge on any atom is 0.331 e. The molecular weight excluding hydrogens is 264 g/mol. The number of hydrogen-bond donors (Lipinski definition) is 0. The van der Waals surface area contributed by atoms with Gasteiger partial charge >= 0.3 is 5.97 Å². The van der Waals surface area contributed by atoms with Crippen molar-refractivity contribution in [3.8, 4) is 0 Å². The molecule has 3 heteroatoms. The SMILES string of the molecule is CCCCCC(OC(=O)C=Cc1ccccc1)C(C)OC. The van der Waals surface area contributed by atoms with E-state index in [0.717, 1.165) is 31.2 Å². The summed E-state index contributed by atoms with van der Waals surface area (Å²) in [5, 5.41) is 0. The van der Waals surface area contributed by atoms with Crippen LogP contribution >= 0.6 is 0 Å². The van der Waals surface area contributed by atoms with Crippen molar-refractivity contribution in [2.45, 2.75) is 51.7 Å². The Morgan fingerprint density at radius 2 is 1.95 bits per heavy atom. The summed E-state index contributed by atoms with van der Waals surface area (Å²) < 4.78 is 10.8. The van der Waals surface area contributed by atoms with Crippen LogP contribution in [0.25, 0.3) is 6.08 Å². The van der Waals surface area contributed by atoms with Crippen LogP contribution in [0.4, 0.5) is 0 Å². The van der Waals surface area contributed by atoms with Crippen molar-refractivity contribution in [3.63, 3.8) is 0 Å². The van der Waals surface area contributed by atoms with Crippen LogP contribution in [0.5, 0.6) is 0 Å². The van der Waals surface area contributed by atoms with E-state index in [1.807, 2.05) is 37.3 Å². The van der Waals surface area contributed by atoms with E-state index < -0.39 is 0 Å². The number of esters is 1. The molecule has 0 aliphatic heterocycles. The smallest absolute Gasteiger partial charge is 0.331 e. The Kier molecular flexibility index (Phi) is 8.44. The second-order valence-corrected chi connectivity index (χ2v) is 5.16. The third-order valence-electron chi connectivity index (χ3n) is 3.47. The number of carbonyl (C=O) groups is 1. The van der Waals surface area contributed by atoms with E-state index in [-0.39, 0.29) is 18.2 Å². The molecule has 0 fully saturated rings. The van der Waals surface area contributed by atoms with Gasteiger partial charge in [-0.1, -0.05) is 50.1 Å². The predicted molar refractivity (Wildman–Crippen MR) is 86.0 cm³/mol. The molecule has 0 aliphatic carbocycles. The van der Waals surface area contributed by atoms with Crippen LogP contribution in [0.2, 0.25) is 0 Å². The summed E-state index contributed by atoms with van der Waals surface area (Å²) in [7, 11) is 1.64. The van der Waals surface area contributed by atoms with E-state index >= 15 is 0 Å². The Balaban J connectivity index is 2.52. The van der Waals surface area contributed by atoms with Crippen LogP contribution in [0.3, 0.4) is 0 Å². The van der Waals surface area contributed by atoms with Gasteiger partial charge in [0.2, 0.25) is 0 Å². The molecule has 1 aromatic rings. The second kappa shape index (κ2) is 10.2. The number of methoxy groups -OCH3 is 1. The second-order valence-electron chi connectivity index (χ2n) is 5.16. The van der Waals surface area contributed by atoms with Crippen LogP contribution in [-0.2, 0) is 14.3 Å². The van der Waals surface area contributed by atoms with Crippen molar-refractivity contribution in [1.82, 2.24) is 0 Å². The molecule has 0 saturated carbocycles. The zero-order valence-electron chi connectivity index (χ0n) is 13.2. The van der Waals surface area contributed by atoms with E-state index in [9.17, 15) is 4.79 Å². The van der Waals surface area contributed by atoms with Crippen LogP contribution < -0.4 is 0 Å². The van der Waals surface area contributed by atoms with Crippen LogP contribution in [0, 0.1) is 0 Å². The highest BCUT2D eigenvalue weighted by Crippen LogP contribution is 2.13. The van der Waals surface area contributed by atoms with Crippen LogP contribution in [-0.4, -0.2) is 25.3 Å². The van der Waals surface area contributed by atoms with Crippen LogP contribution in [0.1, 0.15) is 45.1 Å². The Labute approximate surface area is 128 Å². The summed E-state index contributed by atoms with van der Waals surface area (Å²) in [4.78, 5) is 11.9. The minimum absolute atomic E-state index is 0.0871. The van der Waals surface area contributed by atoms with Gasteiger partial charge in [0.05, 0.1) is 6.10 Å². The van der Waals surface area contributed by atoms with Gasteiger partial charge in [0.25, 0.3) is 0 Å². The van der Waals surface area contributed by atoms with Gasteiger partial charge in [0, 0.05) is 13.2 Å². The van der Waals surface area contributed by atoms with Crippen molar-refractivity contribution in [2.24, 2.45) is 0 Å². The third kappa shape index (κ3) is 7.09. The summed E-state index contributed by atoms with van der Waals surface area (Å²) >= 11 is 0. The molecule has 0 aromatic heterocycles. The Morgan fingerprint density at radius 3 is 2.57 bits per heavy atom. The van der Waals surface area contributed by atoms with Crippen LogP contribution in [0.15, 0.2) is 36.4 Å². The molecular formula is C18H26O3. The lowest BCUT2D eigenvalue weighted by Gasteiger charge is -2.22. The van der Waals surface area contributed by atoms with Gasteiger partial charge in [-0.25, -0.2) is 4.79 Å². The minimum Gasteiger partial charge on any atom is -0.456 e. The van der Waals surface area contributed by atoms with Crippen molar-refractivity contribution < 1.29 is 14.3 Å². The first kappa shape index (κ1) is 17.4. The van der Waals surface area contributed by atoms with Crippen molar-refractivity contribution in [3.05, 3.63) is 42.0 Å². The molecule has 3 nitrogen and oxygen atoms in total. The summed E-state index contributed by atoms with van der Waals surface area (Å²) in [5.41, 5.74) is 0.983. The van der Waals surface area contributed by atoms with E-state index in [0.29, 0.717) is 0 Å². The number of carbonyl (C=O) groups excluding carboxylic acids is 1. The first-order valence-electron chi connectivity index (χ1n) is 7.64. The highest BCUT2D eigenvalue weighted by atomic mass is 16.6. The largest absolute Gasteiger partial charge is 0.456 e. The van der Waals surface area contributed by atoms with Gasteiger partial charge < -0.3 is 9.47 Å².